The van der Waals surface area contributed by atoms with Crippen LogP contribution in [0.25, 0.3) is 10.9 Å². The predicted molar refractivity (Wildman–Crippen MR) is 155 cm³/mol. The number of H-pyrrole nitrogens is 1. The second-order valence-corrected chi connectivity index (χ2v) is 11.0. The molecular weight excluding hydrogens is 521 g/mol. The van der Waals surface area contributed by atoms with Gasteiger partial charge in [-0.2, -0.15) is 0 Å². The van der Waals surface area contributed by atoms with Gasteiger partial charge in [0.25, 0.3) is 5.91 Å². The van der Waals surface area contributed by atoms with Gasteiger partial charge in [-0.25, -0.2) is 4.39 Å². The molecule has 3 aromatic carbocycles. The van der Waals surface area contributed by atoms with Gasteiger partial charge >= 0.3 is 0 Å². The minimum atomic E-state index is -1.18. The molecular formula is C33H34FN3O4. The van der Waals surface area contributed by atoms with Crippen molar-refractivity contribution in [3.8, 4) is 11.5 Å². The molecule has 1 N–H and O–H groups in total. The normalized spacial score (nSPS) is 20.2. The molecule has 1 aromatic heterocycles. The molecule has 2 atom stereocenters. The van der Waals surface area contributed by atoms with Crippen molar-refractivity contribution in [3.63, 3.8) is 0 Å². The van der Waals surface area contributed by atoms with Crippen molar-refractivity contribution < 1.29 is 23.5 Å². The predicted octanol–water partition coefficient (Wildman–Crippen LogP) is 5.38. The number of methoxy groups -OCH3 is 1. The van der Waals surface area contributed by atoms with Gasteiger partial charge in [-0.15, -0.1) is 0 Å². The van der Waals surface area contributed by atoms with Crippen LogP contribution in [0.2, 0.25) is 0 Å². The summed E-state index contributed by atoms with van der Waals surface area (Å²) >= 11 is 0. The first-order chi connectivity index (χ1) is 19.8. The van der Waals surface area contributed by atoms with E-state index in [2.05, 4.69) is 18.0 Å². The average molecular weight is 556 g/mol. The Bertz CT molecular complexity index is 1610. The fourth-order valence-electron chi connectivity index (χ4n) is 6.30. The third kappa shape index (κ3) is 4.51. The Morgan fingerprint density at radius 1 is 1.05 bits per heavy atom. The van der Waals surface area contributed by atoms with Gasteiger partial charge in [-0.05, 0) is 66.8 Å². The van der Waals surface area contributed by atoms with Crippen LogP contribution in [0, 0.1) is 5.82 Å². The number of halogens is 1. The minimum Gasteiger partial charge on any atom is -0.493 e. The van der Waals surface area contributed by atoms with Gasteiger partial charge in [-0.1, -0.05) is 43.3 Å². The molecule has 212 valence electrons. The maximum atomic E-state index is 14.2. The Morgan fingerprint density at radius 2 is 1.83 bits per heavy atom. The first-order valence-electron chi connectivity index (χ1n) is 14.1. The van der Waals surface area contributed by atoms with Gasteiger partial charge in [-0.3, -0.25) is 9.59 Å². The van der Waals surface area contributed by atoms with Crippen LogP contribution in [0.3, 0.4) is 0 Å². The number of aromatic nitrogens is 1. The molecule has 2 aliphatic heterocycles. The molecule has 2 aliphatic rings. The lowest BCUT2D eigenvalue weighted by Gasteiger charge is -2.51. The number of carbonyl (C=O) groups is 2. The number of benzene rings is 3. The van der Waals surface area contributed by atoms with Crippen LogP contribution < -0.4 is 9.47 Å². The molecule has 0 spiro atoms. The lowest BCUT2D eigenvalue weighted by atomic mass is 9.76. The van der Waals surface area contributed by atoms with Gasteiger partial charge in [0.05, 0.1) is 26.0 Å². The zero-order valence-corrected chi connectivity index (χ0v) is 23.6. The molecule has 3 heterocycles. The Labute approximate surface area is 238 Å². The SMILES string of the molecule is CCCOc1ccc(C2CN3C(=O)CN(CCc4ccc(F)cc4)C(=O)[C@]3(C)c3[nH]c4ccccc4c32)cc1OC. The number of hydrogen-bond donors (Lipinski definition) is 1. The average Bonchev–Trinajstić information content (AvgIpc) is 3.39. The summed E-state index contributed by atoms with van der Waals surface area (Å²) in [5, 5.41) is 1.03. The Morgan fingerprint density at radius 3 is 2.59 bits per heavy atom. The van der Waals surface area contributed by atoms with Gasteiger partial charge in [0.15, 0.2) is 17.0 Å². The number of nitrogens with zero attached hydrogens (tertiary/aromatic N) is 2. The minimum absolute atomic E-state index is 0.00498. The van der Waals surface area contributed by atoms with Crippen molar-refractivity contribution >= 4 is 22.7 Å². The molecule has 8 heteroatoms. The maximum Gasteiger partial charge on any atom is 0.254 e. The highest BCUT2D eigenvalue weighted by atomic mass is 19.1. The Kier molecular flexibility index (Phi) is 6.93. The van der Waals surface area contributed by atoms with E-state index >= 15 is 0 Å². The summed E-state index contributed by atoms with van der Waals surface area (Å²) in [7, 11) is 1.63. The molecule has 0 aliphatic carbocycles. The molecule has 41 heavy (non-hydrogen) atoms. The second-order valence-electron chi connectivity index (χ2n) is 11.0. The van der Waals surface area contributed by atoms with Crippen LogP contribution in [0.1, 0.15) is 48.6 Å². The first kappa shape index (κ1) is 26.9. The monoisotopic (exact) mass is 555 g/mol. The number of hydrogen-bond acceptors (Lipinski definition) is 4. The fraction of sp³-hybridized carbons (Fsp3) is 0.333. The van der Waals surface area contributed by atoms with Crippen LogP contribution >= 0.6 is 0 Å². The first-order valence-corrected chi connectivity index (χ1v) is 14.1. The zero-order chi connectivity index (χ0) is 28.7. The lowest BCUT2D eigenvalue weighted by Crippen LogP contribution is -2.67. The number of para-hydroxylation sites is 1. The Hall–Kier alpha value is -4.33. The molecule has 7 nitrogen and oxygen atoms in total. The number of rotatable bonds is 8. The molecule has 6 rings (SSSR count). The maximum absolute atomic E-state index is 14.2. The highest BCUT2D eigenvalue weighted by Crippen LogP contribution is 2.49. The van der Waals surface area contributed by atoms with Gasteiger partial charge in [0, 0.05) is 29.9 Å². The zero-order valence-electron chi connectivity index (χ0n) is 23.6. The molecule has 0 saturated carbocycles. The van der Waals surface area contributed by atoms with Crippen molar-refractivity contribution in [2.45, 2.75) is 38.1 Å². The molecule has 4 aromatic rings. The quantitative estimate of drug-likeness (QED) is 0.317. The number of nitrogens with one attached hydrogen (secondary N) is 1. The van der Waals surface area contributed by atoms with E-state index in [1.165, 1.54) is 12.1 Å². The number of fused-ring (bicyclic) bond motifs is 5. The van der Waals surface area contributed by atoms with E-state index in [1.54, 1.807) is 29.0 Å². The van der Waals surface area contributed by atoms with Crippen molar-refractivity contribution in [1.82, 2.24) is 14.8 Å². The number of ether oxygens (including phenoxy) is 2. The molecule has 1 unspecified atom stereocenters. The lowest BCUT2D eigenvalue weighted by molar-refractivity contribution is -0.166. The Balaban J connectivity index is 1.41. The third-order valence-electron chi connectivity index (χ3n) is 8.45. The van der Waals surface area contributed by atoms with Gasteiger partial charge in [0.2, 0.25) is 5.91 Å². The molecule has 1 saturated heterocycles. The largest absolute Gasteiger partial charge is 0.493 e. The van der Waals surface area contributed by atoms with Crippen LogP contribution in [0.15, 0.2) is 66.7 Å². The fourth-order valence-corrected chi connectivity index (χ4v) is 6.30. The number of piperazine rings is 1. The van der Waals surface area contributed by atoms with E-state index in [1.807, 2.05) is 43.3 Å². The van der Waals surface area contributed by atoms with Crippen molar-refractivity contribution in [1.29, 1.82) is 0 Å². The van der Waals surface area contributed by atoms with E-state index < -0.39 is 5.54 Å². The van der Waals surface area contributed by atoms with Crippen molar-refractivity contribution in [2.75, 3.05) is 33.4 Å². The molecule has 2 amide bonds. The smallest absolute Gasteiger partial charge is 0.254 e. The summed E-state index contributed by atoms with van der Waals surface area (Å²) in [6.45, 7) is 5.23. The number of aromatic amines is 1. The third-order valence-corrected chi connectivity index (χ3v) is 8.45. The summed E-state index contributed by atoms with van der Waals surface area (Å²) in [6, 6.07) is 20.2. The standard InChI is InChI=1S/C33H34FN3O4/c1-4-17-41-27-14-11-22(18-28(27)40-3)25-19-37-29(38)20-36(16-15-21-9-12-23(34)13-10-21)32(39)33(37,2)31-30(25)24-7-5-6-8-26(24)35-31/h5-14,18,25,35H,4,15-17,19-20H2,1-3H3/t25?,33-/m0/s1. The second kappa shape index (κ2) is 10.6. The van der Waals surface area contributed by atoms with Crippen LogP contribution in [-0.2, 0) is 21.5 Å². The van der Waals surface area contributed by atoms with Crippen molar-refractivity contribution in [2.24, 2.45) is 0 Å². The van der Waals surface area contributed by atoms with E-state index in [0.29, 0.717) is 37.6 Å². The summed E-state index contributed by atoms with van der Waals surface area (Å²) < 4.78 is 25.0. The summed E-state index contributed by atoms with van der Waals surface area (Å²) in [4.78, 5) is 34.9. The number of carbonyl (C=O) groups excluding carboxylic acids is 2. The molecule has 1 fully saturated rings. The van der Waals surface area contributed by atoms with E-state index in [4.69, 9.17) is 9.47 Å². The van der Waals surface area contributed by atoms with Crippen LogP contribution in [0.4, 0.5) is 4.39 Å². The summed E-state index contributed by atoms with van der Waals surface area (Å²) in [5.74, 6) is 0.621. The highest BCUT2D eigenvalue weighted by molar-refractivity contribution is 6.01. The summed E-state index contributed by atoms with van der Waals surface area (Å²) in [5.41, 5.74) is 3.39. The van der Waals surface area contributed by atoms with E-state index in [9.17, 15) is 14.0 Å². The van der Waals surface area contributed by atoms with E-state index in [-0.39, 0.29) is 30.1 Å². The highest BCUT2D eigenvalue weighted by Gasteiger charge is 2.56. The van der Waals surface area contributed by atoms with Crippen LogP contribution in [0.5, 0.6) is 11.5 Å². The van der Waals surface area contributed by atoms with Crippen LogP contribution in [-0.4, -0.2) is 59.9 Å². The number of amides is 2. The van der Waals surface area contributed by atoms with Gasteiger partial charge in [0.1, 0.15) is 5.82 Å². The van der Waals surface area contributed by atoms with E-state index in [0.717, 1.165) is 39.7 Å². The topological polar surface area (TPSA) is 74.9 Å². The summed E-state index contributed by atoms with van der Waals surface area (Å²) in [6.07, 6.45) is 1.42. The molecule has 0 bridgehead atoms. The molecule has 0 radical (unpaired) electrons. The van der Waals surface area contributed by atoms with Crippen molar-refractivity contribution in [3.05, 3.63) is 94.9 Å². The van der Waals surface area contributed by atoms with Gasteiger partial charge < -0.3 is 24.3 Å².